The second kappa shape index (κ2) is 14.8. The third kappa shape index (κ3) is 6.83. The number of benzene rings is 1. The molecule has 48 heavy (non-hydrogen) atoms. The highest BCUT2D eigenvalue weighted by Gasteiger charge is 2.34. The quantitative estimate of drug-likeness (QED) is 0.327. The minimum absolute atomic E-state index is 0.104. The molecule has 1 saturated heterocycles. The average molecular weight is 661 g/mol. The van der Waals surface area contributed by atoms with Crippen LogP contribution in [0.15, 0.2) is 51.9 Å². The van der Waals surface area contributed by atoms with E-state index in [-0.39, 0.29) is 40.5 Å². The largest absolute Gasteiger partial charge is 0.493 e. The first-order valence-electron chi connectivity index (χ1n) is 16.3. The Hall–Kier alpha value is -5.00. The number of nitrogens with one attached hydrogen (secondary N) is 2. The highest BCUT2D eigenvalue weighted by Crippen LogP contribution is 2.50. The van der Waals surface area contributed by atoms with Crippen molar-refractivity contribution in [1.82, 2.24) is 15.1 Å². The number of hydrogen-bond donors (Lipinski definition) is 2. The Morgan fingerprint density at radius 1 is 0.979 bits per heavy atom. The van der Waals surface area contributed by atoms with Crippen molar-refractivity contribution in [2.45, 2.75) is 52.1 Å². The van der Waals surface area contributed by atoms with Crippen molar-refractivity contribution in [2.24, 2.45) is 5.92 Å². The van der Waals surface area contributed by atoms with Gasteiger partial charge in [0.1, 0.15) is 6.04 Å². The van der Waals surface area contributed by atoms with Crippen molar-refractivity contribution < 1.29 is 33.0 Å². The number of ether oxygens (including phenoxy) is 3. The maximum Gasteiger partial charge on any atom is 0.289 e. The number of aryl methyl sites for hydroxylation is 1. The maximum atomic E-state index is 14.0. The van der Waals surface area contributed by atoms with Crippen molar-refractivity contribution in [3.8, 4) is 28.4 Å². The molecule has 3 aromatic rings. The van der Waals surface area contributed by atoms with E-state index in [1.807, 2.05) is 26.0 Å². The molecule has 2 heterocycles. The molecular weight excluding hydrogens is 616 g/mol. The molecule has 1 aliphatic heterocycles. The van der Waals surface area contributed by atoms with E-state index in [0.717, 1.165) is 11.1 Å². The van der Waals surface area contributed by atoms with E-state index in [0.29, 0.717) is 73.8 Å². The Morgan fingerprint density at radius 3 is 2.29 bits per heavy atom. The van der Waals surface area contributed by atoms with Gasteiger partial charge >= 0.3 is 0 Å². The summed E-state index contributed by atoms with van der Waals surface area (Å²) >= 11 is 0. The van der Waals surface area contributed by atoms with Crippen LogP contribution in [0.3, 0.4) is 0 Å². The molecule has 2 aromatic carbocycles. The lowest BCUT2D eigenvalue weighted by atomic mass is 9.95. The summed E-state index contributed by atoms with van der Waals surface area (Å²) in [5, 5.41) is 6.32. The third-order valence-electron chi connectivity index (χ3n) is 9.32. The Labute approximate surface area is 280 Å². The van der Waals surface area contributed by atoms with Gasteiger partial charge in [-0.05, 0) is 65.8 Å². The molecule has 0 saturated carbocycles. The Kier molecular flexibility index (Phi) is 10.6. The SMILES string of the molecule is CCC(C)C(Nc1ccc2c(cc1=O)C(NC(C)=O)CCc1cc(OC)c(OC)c(OC)c1-2)C(=O)N1CCN(C(=O)c2ccco2)CC1. The first-order chi connectivity index (χ1) is 23.1. The van der Waals surface area contributed by atoms with Gasteiger partial charge in [0, 0.05) is 38.7 Å². The fourth-order valence-electron chi connectivity index (χ4n) is 6.56. The van der Waals surface area contributed by atoms with Crippen molar-refractivity contribution in [1.29, 1.82) is 0 Å². The Balaban J connectivity index is 1.51. The predicted octanol–water partition coefficient (Wildman–Crippen LogP) is 4.27. The molecule has 2 N–H and O–H groups in total. The first kappa shape index (κ1) is 34.3. The summed E-state index contributed by atoms with van der Waals surface area (Å²) in [5.41, 5.74) is 2.95. The number of furan rings is 1. The van der Waals surface area contributed by atoms with Gasteiger partial charge in [-0.2, -0.15) is 0 Å². The third-order valence-corrected chi connectivity index (χ3v) is 9.32. The van der Waals surface area contributed by atoms with Gasteiger partial charge in [0.2, 0.25) is 23.0 Å². The summed E-state index contributed by atoms with van der Waals surface area (Å²) in [6, 6.07) is 9.14. The van der Waals surface area contributed by atoms with Gasteiger partial charge in [-0.3, -0.25) is 19.2 Å². The normalized spacial score (nSPS) is 16.8. The highest BCUT2D eigenvalue weighted by molar-refractivity contribution is 5.92. The summed E-state index contributed by atoms with van der Waals surface area (Å²) < 4.78 is 22.5. The van der Waals surface area contributed by atoms with E-state index in [9.17, 15) is 19.2 Å². The van der Waals surface area contributed by atoms with E-state index < -0.39 is 12.1 Å². The molecule has 12 nitrogen and oxygen atoms in total. The lowest BCUT2D eigenvalue weighted by molar-refractivity contribution is -0.134. The van der Waals surface area contributed by atoms with Crippen LogP contribution in [-0.2, 0) is 16.0 Å². The van der Waals surface area contributed by atoms with Crippen LogP contribution in [-0.4, -0.2) is 81.1 Å². The molecule has 2 aliphatic rings. The molecule has 12 heteroatoms. The molecule has 3 unspecified atom stereocenters. The van der Waals surface area contributed by atoms with Crippen LogP contribution in [0.25, 0.3) is 11.1 Å². The fraction of sp³-hybridized carbons (Fsp3) is 0.444. The van der Waals surface area contributed by atoms with Crippen LogP contribution < -0.4 is 30.3 Å². The van der Waals surface area contributed by atoms with Crippen LogP contribution in [0.4, 0.5) is 5.69 Å². The molecule has 3 amide bonds. The van der Waals surface area contributed by atoms with E-state index >= 15 is 0 Å². The summed E-state index contributed by atoms with van der Waals surface area (Å²) in [6.07, 6.45) is 3.28. The van der Waals surface area contributed by atoms with Crippen LogP contribution in [0.2, 0.25) is 0 Å². The van der Waals surface area contributed by atoms with E-state index in [2.05, 4.69) is 10.6 Å². The minimum Gasteiger partial charge on any atom is -0.493 e. The first-order valence-corrected chi connectivity index (χ1v) is 16.3. The molecule has 3 atom stereocenters. The van der Waals surface area contributed by atoms with Crippen LogP contribution >= 0.6 is 0 Å². The average Bonchev–Trinajstić information content (AvgIpc) is 3.54. The van der Waals surface area contributed by atoms with Crippen molar-refractivity contribution in [3.05, 3.63) is 69.8 Å². The minimum atomic E-state index is -0.686. The van der Waals surface area contributed by atoms with Gasteiger partial charge in [-0.15, -0.1) is 0 Å². The van der Waals surface area contributed by atoms with Gasteiger partial charge in [0.15, 0.2) is 17.3 Å². The monoisotopic (exact) mass is 660 g/mol. The van der Waals surface area contributed by atoms with Gasteiger partial charge in [-0.25, -0.2) is 0 Å². The number of rotatable bonds is 10. The zero-order valence-corrected chi connectivity index (χ0v) is 28.4. The Morgan fingerprint density at radius 2 is 1.69 bits per heavy atom. The Bertz CT molecular complexity index is 1720. The number of nitrogens with zero attached hydrogens (tertiary/aromatic N) is 2. The van der Waals surface area contributed by atoms with E-state index in [4.69, 9.17) is 18.6 Å². The lowest BCUT2D eigenvalue weighted by Crippen LogP contribution is -2.55. The van der Waals surface area contributed by atoms with Crippen LogP contribution in [0.5, 0.6) is 17.2 Å². The maximum absolute atomic E-state index is 14.0. The molecule has 0 spiro atoms. The van der Waals surface area contributed by atoms with E-state index in [1.165, 1.54) is 20.3 Å². The molecule has 5 rings (SSSR count). The zero-order valence-electron chi connectivity index (χ0n) is 28.4. The number of methoxy groups -OCH3 is 3. The van der Waals surface area contributed by atoms with Crippen molar-refractivity contribution in [2.75, 3.05) is 52.8 Å². The number of carbonyl (C=O) groups is 3. The van der Waals surface area contributed by atoms with Gasteiger partial charge < -0.3 is 39.1 Å². The number of anilines is 1. The van der Waals surface area contributed by atoms with Gasteiger partial charge in [-0.1, -0.05) is 26.3 Å². The molecule has 256 valence electrons. The van der Waals surface area contributed by atoms with Crippen molar-refractivity contribution >= 4 is 23.4 Å². The number of piperazine rings is 1. The standard InChI is InChI=1S/C36H44N4O8/c1-7-21(2)32(36(44)40-16-14-39(15-17-40)35(43)29-9-8-18-48-29)38-27-13-11-24-25(20-28(27)42)26(37-22(3)41)12-10-23-19-30(45-4)33(46-5)34(47-6)31(23)24/h8-9,11,13,18-21,26,32H,7,10,12,14-17H2,1-6H3,(H,37,41)(H,38,42). The molecular formula is C36H44N4O8. The smallest absolute Gasteiger partial charge is 0.289 e. The number of fused-ring (bicyclic) bond motifs is 3. The second-order valence-electron chi connectivity index (χ2n) is 12.2. The van der Waals surface area contributed by atoms with Crippen LogP contribution in [0.1, 0.15) is 61.3 Å². The molecule has 0 radical (unpaired) electrons. The summed E-state index contributed by atoms with van der Waals surface area (Å²) in [4.78, 5) is 56.5. The lowest BCUT2D eigenvalue weighted by Gasteiger charge is -2.37. The fourth-order valence-corrected chi connectivity index (χ4v) is 6.56. The molecule has 1 aromatic heterocycles. The van der Waals surface area contributed by atoms with Crippen molar-refractivity contribution in [3.63, 3.8) is 0 Å². The molecule has 1 fully saturated rings. The predicted molar refractivity (Wildman–Crippen MR) is 181 cm³/mol. The van der Waals surface area contributed by atoms with Gasteiger partial charge in [0.05, 0.1) is 39.3 Å². The molecule has 1 aliphatic carbocycles. The van der Waals surface area contributed by atoms with Gasteiger partial charge in [0.25, 0.3) is 5.91 Å². The topological polar surface area (TPSA) is 140 Å². The molecule has 0 bridgehead atoms. The van der Waals surface area contributed by atoms with E-state index in [1.54, 1.807) is 48.3 Å². The highest BCUT2D eigenvalue weighted by atomic mass is 16.5. The summed E-state index contributed by atoms with van der Waals surface area (Å²) in [6.45, 7) is 6.90. The number of hydrogen-bond acceptors (Lipinski definition) is 9. The summed E-state index contributed by atoms with van der Waals surface area (Å²) in [5.74, 6) is 0.999. The summed E-state index contributed by atoms with van der Waals surface area (Å²) in [7, 11) is 4.65. The zero-order chi connectivity index (χ0) is 34.5. The second-order valence-corrected chi connectivity index (χ2v) is 12.2. The van der Waals surface area contributed by atoms with Crippen LogP contribution in [0, 0.1) is 5.92 Å². The number of carbonyl (C=O) groups excluding carboxylic acids is 3. The number of amides is 3.